The number of para-hydroxylation sites is 1. The van der Waals surface area contributed by atoms with Crippen molar-refractivity contribution in [2.24, 2.45) is 0 Å². The maximum Gasteiger partial charge on any atom is 0.283 e. The summed E-state index contributed by atoms with van der Waals surface area (Å²) in [5.41, 5.74) is 2.92. The monoisotopic (exact) mass is 405 g/mol. The molecule has 2 unspecified atom stereocenters. The summed E-state index contributed by atoms with van der Waals surface area (Å²) in [7, 11) is 0. The van der Waals surface area contributed by atoms with Gasteiger partial charge in [0.15, 0.2) is 5.79 Å². The van der Waals surface area contributed by atoms with Crippen LogP contribution in [0.1, 0.15) is 11.1 Å². The Labute approximate surface area is 175 Å². The van der Waals surface area contributed by atoms with Gasteiger partial charge >= 0.3 is 0 Å². The predicted octanol–water partition coefficient (Wildman–Crippen LogP) is 5.46. The molecule has 4 rings (SSSR count). The van der Waals surface area contributed by atoms with Crippen LogP contribution in [0.2, 0.25) is 0 Å². The van der Waals surface area contributed by atoms with E-state index in [0.29, 0.717) is 18.8 Å². The van der Waals surface area contributed by atoms with Gasteiger partial charge in [-0.1, -0.05) is 90.6 Å². The van der Waals surface area contributed by atoms with E-state index in [1.54, 1.807) is 0 Å². The number of ether oxygens (including phenoxy) is 2. The minimum absolute atomic E-state index is 0.0972. The van der Waals surface area contributed by atoms with Crippen LogP contribution in [-0.2, 0) is 21.7 Å². The second kappa shape index (κ2) is 9.27. The summed E-state index contributed by atoms with van der Waals surface area (Å²) >= 11 is 1.22. The molecule has 0 radical (unpaired) electrons. The lowest BCUT2D eigenvalue weighted by atomic mass is 9.97. The molecule has 3 aromatic rings. The number of carbonyl (C=O) groups excluding carboxylic acids is 1. The quantitative estimate of drug-likeness (QED) is 0.591. The van der Waals surface area contributed by atoms with E-state index in [1.807, 2.05) is 78.9 Å². The summed E-state index contributed by atoms with van der Waals surface area (Å²) in [5, 5.41) is 2.79. The number of anilines is 1. The van der Waals surface area contributed by atoms with E-state index in [4.69, 9.17) is 9.47 Å². The van der Waals surface area contributed by atoms with E-state index in [9.17, 15) is 4.79 Å². The normalized spacial score (nSPS) is 21.0. The summed E-state index contributed by atoms with van der Waals surface area (Å²) in [6.07, 6.45) is 0.459. The first-order chi connectivity index (χ1) is 14.2. The lowest BCUT2D eigenvalue weighted by Crippen LogP contribution is -2.31. The van der Waals surface area contributed by atoms with Crippen LogP contribution in [0.5, 0.6) is 0 Å². The van der Waals surface area contributed by atoms with E-state index in [0.717, 1.165) is 16.8 Å². The molecule has 1 N–H and O–H groups in total. The molecule has 1 fully saturated rings. The topological polar surface area (TPSA) is 47.6 Å². The van der Waals surface area contributed by atoms with Gasteiger partial charge in [0.1, 0.15) is 0 Å². The van der Waals surface area contributed by atoms with Crippen LogP contribution in [0, 0.1) is 0 Å². The van der Waals surface area contributed by atoms with Crippen molar-refractivity contribution in [2.75, 3.05) is 17.7 Å². The van der Waals surface area contributed by atoms with Gasteiger partial charge in [0.25, 0.3) is 5.24 Å². The number of rotatable bonds is 6. The van der Waals surface area contributed by atoms with Gasteiger partial charge in [0.05, 0.1) is 12.7 Å². The summed E-state index contributed by atoms with van der Waals surface area (Å²) in [6.45, 7) is 0.452. The number of thioether (sulfide) groups is 1. The third-order valence-corrected chi connectivity index (χ3v) is 5.68. The smallest absolute Gasteiger partial charge is 0.283 e. The number of amides is 1. The zero-order valence-electron chi connectivity index (χ0n) is 16.0. The minimum Gasteiger partial charge on any atom is -0.343 e. The van der Waals surface area contributed by atoms with Crippen LogP contribution in [-0.4, -0.2) is 23.7 Å². The Hall–Kier alpha value is -2.60. The molecule has 5 heteroatoms. The number of benzene rings is 3. The van der Waals surface area contributed by atoms with Crippen molar-refractivity contribution in [1.82, 2.24) is 0 Å². The Morgan fingerprint density at radius 1 is 0.931 bits per heavy atom. The van der Waals surface area contributed by atoms with Crippen LogP contribution >= 0.6 is 11.8 Å². The van der Waals surface area contributed by atoms with Crippen molar-refractivity contribution in [2.45, 2.75) is 18.3 Å². The van der Waals surface area contributed by atoms with Crippen LogP contribution in [0.3, 0.4) is 0 Å². The van der Waals surface area contributed by atoms with Gasteiger partial charge < -0.3 is 14.8 Å². The van der Waals surface area contributed by atoms with Gasteiger partial charge in [-0.15, -0.1) is 0 Å². The summed E-state index contributed by atoms with van der Waals surface area (Å²) in [6, 6.07) is 29.7. The lowest BCUT2D eigenvalue weighted by molar-refractivity contribution is -0.173. The summed E-state index contributed by atoms with van der Waals surface area (Å²) in [4.78, 5) is 12.2. The van der Waals surface area contributed by atoms with Crippen LogP contribution in [0.4, 0.5) is 10.5 Å². The van der Waals surface area contributed by atoms with Crippen molar-refractivity contribution in [3.05, 3.63) is 102 Å². The van der Waals surface area contributed by atoms with Gasteiger partial charge in [-0.05, 0) is 17.7 Å². The van der Waals surface area contributed by atoms with Gasteiger partial charge in [0.2, 0.25) is 0 Å². The molecule has 1 saturated heterocycles. The van der Waals surface area contributed by atoms with Gasteiger partial charge in [-0.2, -0.15) is 0 Å². The first kappa shape index (κ1) is 19.7. The fraction of sp³-hybridized carbons (Fsp3) is 0.208. The molecule has 0 bridgehead atoms. The van der Waals surface area contributed by atoms with Gasteiger partial charge in [-0.3, -0.25) is 4.79 Å². The largest absolute Gasteiger partial charge is 0.343 e. The lowest BCUT2D eigenvalue weighted by Gasteiger charge is -2.29. The highest BCUT2D eigenvalue weighted by Crippen LogP contribution is 2.38. The van der Waals surface area contributed by atoms with Crippen LogP contribution in [0.25, 0.3) is 0 Å². The van der Waals surface area contributed by atoms with E-state index >= 15 is 0 Å². The average Bonchev–Trinajstić information content (AvgIpc) is 3.18. The number of hydrogen-bond donors (Lipinski definition) is 1. The fourth-order valence-electron chi connectivity index (χ4n) is 3.39. The molecule has 0 spiro atoms. The third-order valence-electron chi connectivity index (χ3n) is 4.77. The molecule has 4 nitrogen and oxygen atoms in total. The van der Waals surface area contributed by atoms with E-state index in [1.165, 1.54) is 11.8 Å². The second-order valence-corrected chi connectivity index (χ2v) is 7.91. The molecular weight excluding hydrogens is 382 g/mol. The highest BCUT2D eigenvalue weighted by Gasteiger charge is 2.43. The van der Waals surface area contributed by atoms with E-state index < -0.39 is 5.79 Å². The van der Waals surface area contributed by atoms with Crippen LogP contribution in [0.15, 0.2) is 91.0 Å². The van der Waals surface area contributed by atoms with Crippen molar-refractivity contribution in [3.63, 3.8) is 0 Å². The Morgan fingerprint density at radius 3 is 2.24 bits per heavy atom. The van der Waals surface area contributed by atoms with Crippen molar-refractivity contribution < 1.29 is 14.3 Å². The molecule has 1 aliphatic rings. The molecule has 1 amide bonds. The van der Waals surface area contributed by atoms with Gasteiger partial charge in [0, 0.05) is 23.4 Å². The molecule has 1 heterocycles. The minimum atomic E-state index is -0.830. The molecule has 29 heavy (non-hydrogen) atoms. The Bertz CT molecular complexity index is 921. The maximum atomic E-state index is 12.2. The van der Waals surface area contributed by atoms with E-state index in [-0.39, 0.29) is 11.3 Å². The molecule has 3 aromatic carbocycles. The maximum absolute atomic E-state index is 12.2. The highest BCUT2D eigenvalue weighted by molar-refractivity contribution is 8.13. The molecular formula is C24H23NO3S. The van der Waals surface area contributed by atoms with Crippen molar-refractivity contribution in [3.8, 4) is 0 Å². The highest BCUT2D eigenvalue weighted by atomic mass is 32.2. The van der Waals surface area contributed by atoms with Crippen molar-refractivity contribution >= 4 is 22.7 Å². The Morgan fingerprint density at radius 2 is 1.55 bits per heavy atom. The zero-order valence-corrected chi connectivity index (χ0v) is 16.8. The summed E-state index contributed by atoms with van der Waals surface area (Å²) in [5.74, 6) is -0.300. The molecule has 2 atom stereocenters. The predicted molar refractivity (Wildman–Crippen MR) is 117 cm³/mol. The van der Waals surface area contributed by atoms with Crippen molar-refractivity contribution in [1.29, 1.82) is 0 Å². The van der Waals surface area contributed by atoms with Crippen LogP contribution < -0.4 is 5.32 Å². The molecule has 0 saturated carbocycles. The molecule has 148 valence electrons. The summed E-state index contributed by atoms with van der Waals surface area (Å²) < 4.78 is 12.6. The van der Waals surface area contributed by atoms with Gasteiger partial charge in [-0.25, -0.2) is 0 Å². The number of hydrogen-bond acceptors (Lipinski definition) is 4. The molecule has 1 aliphatic heterocycles. The second-order valence-electron chi connectivity index (χ2n) is 6.92. The molecule has 0 aliphatic carbocycles. The zero-order chi connectivity index (χ0) is 19.9. The Balaban J connectivity index is 1.41. The van der Waals surface area contributed by atoms with E-state index in [2.05, 4.69) is 17.4 Å². The molecule has 0 aromatic heterocycles. The third kappa shape index (κ3) is 5.07. The number of carbonyl (C=O) groups is 1. The first-order valence-corrected chi connectivity index (χ1v) is 10.6. The standard InChI is InChI=1S/C24H23NO3S/c26-23(25-21-14-8-3-9-15-21)29-18-22-17-27-24(28-22,20-12-6-2-7-13-20)16-19-10-4-1-5-11-19/h1-15,22H,16-18H2,(H,25,26). The average molecular weight is 406 g/mol. The number of nitrogens with one attached hydrogen (secondary N) is 1. The first-order valence-electron chi connectivity index (χ1n) is 9.64. The Kier molecular flexibility index (Phi) is 6.30. The fourth-order valence-corrected chi connectivity index (χ4v) is 4.09. The SMILES string of the molecule is O=C(Nc1ccccc1)SCC1COC(Cc2ccccc2)(c2ccccc2)O1.